The Morgan fingerprint density at radius 3 is 2.00 bits per heavy atom. The van der Waals surface area contributed by atoms with Crippen molar-refractivity contribution >= 4 is 31.7 Å². The van der Waals surface area contributed by atoms with Gasteiger partial charge in [-0.05, 0) is 12.8 Å². The van der Waals surface area contributed by atoms with E-state index in [4.69, 9.17) is 13.0 Å². The van der Waals surface area contributed by atoms with Crippen molar-refractivity contribution in [3.63, 3.8) is 0 Å². The highest BCUT2D eigenvalue weighted by atomic mass is 33.1. The fourth-order valence-corrected chi connectivity index (χ4v) is 3.15. The van der Waals surface area contributed by atoms with Crippen LogP contribution in [-0.4, -0.2) is 29.5 Å². The van der Waals surface area contributed by atoms with Crippen molar-refractivity contribution in [3.8, 4) is 0 Å². The second kappa shape index (κ2) is 6.21. The van der Waals surface area contributed by atoms with E-state index in [1.54, 1.807) is 0 Å². The van der Waals surface area contributed by atoms with Crippen LogP contribution in [-0.2, 0) is 10.1 Å². The first-order chi connectivity index (χ1) is 6.64. The Morgan fingerprint density at radius 2 is 1.87 bits per heavy atom. The Hall–Kier alpha value is 0.400. The van der Waals surface area contributed by atoms with E-state index in [0.29, 0.717) is 0 Å². The fourth-order valence-electron chi connectivity index (χ4n) is 0.642. The van der Waals surface area contributed by atoms with E-state index in [2.05, 4.69) is 6.92 Å². The lowest BCUT2D eigenvalue weighted by atomic mass is 10.3. The lowest BCUT2D eigenvalue weighted by molar-refractivity contribution is -0.0510. The topological polar surface area (TPSA) is 54.4 Å². The third kappa shape index (κ3) is 7.31. The molecule has 15 heavy (non-hydrogen) atoms. The molecule has 1 N–H and O–H groups in total. The molecule has 0 saturated carbocycles. The zero-order valence-electron chi connectivity index (χ0n) is 7.82. The molecule has 9 heteroatoms. The lowest BCUT2D eigenvalue weighted by Crippen LogP contribution is -2.21. The molecular formula is C6H11F3O3S3. The van der Waals surface area contributed by atoms with Gasteiger partial charge in [-0.1, -0.05) is 28.5 Å². The zero-order valence-corrected chi connectivity index (χ0v) is 10.3. The molecule has 0 amide bonds. The van der Waals surface area contributed by atoms with E-state index in [1.807, 2.05) is 21.6 Å². The molecule has 1 atom stereocenters. The van der Waals surface area contributed by atoms with E-state index < -0.39 is 15.6 Å². The number of rotatable bonds is 0. The largest absolute Gasteiger partial charge is 0.522 e. The lowest BCUT2D eigenvalue weighted by Gasteiger charge is -2.14. The second-order valence-corrected chi connectivity index (χ2v) is 7.13. The van der Waals surface area contributed by atoms with Gasteiger partial charge in [0.25, 0.3) is 0 Å². The van der Waals surface area contributed by atoms with Crippen molar-refractivity contribution in [2.75, 3.05) is 5.75 Å². The normalized spacial score (nSPS) is 22.9. The molecule has 92 valence electrons. The molecule has 0 aromatic heterocycles. The van der Waals surface area contributed by atoms with Crippen LogP contribution in [0.2, 0.25) is 0 Å². The van der Waals surface area contributed by atoms with E-state index in [-0.39, 0.29) is 0 Å². The minimum atomic E-state index is -5.84. The summed E-state index contributed by atoms with van der Waals surface area (Å²) in [5.41, 5.74) is -5.53. The van der Waals surface area contributed by atoms with Crippen LogP contribution in [0.5, 0.6) is 0 Å². The maximum Gasteiger partial charge on any atom is 0.522 e. The van der Waals surface area contributed by atoms with E-state index in [0.717, 1.165) is 5.25 Å². The number of halogens is 3. The Bertz CT molecular complexity index is 269. The molecule has 1 saturated heterocycles. The molecule has 0 aromatic rings. The van der Waals surface area contributed by atoms with Crippen molar-refractivity contribution in [1.82, 2.24) is 0 Å². The van der Waals surface area contributed by atoms with Crippen molar-refractivity contribution in [3.05, 3.63) is 0 Å². The monoisotopic (exact) mass is 284 g/mol. The first-order valence-electron chi connectivity index (χ1n) is 3.96. The summed E-state index contributed by atoms with van der Waals surface area (Å²) < 4.78 is 57.5. The van der Waals surface area contributed by atoms with Crippen LogP contribution in [0.15, 0.2) is 0 Å². The number of alkyl halides is 3. The van der Waals surface area contributed by atoms with Crippen LogP contribution in [0.25, 0.3) is 0 Å². The first-order valence-corrected chi connectivity index (χ1v) is 7.79. The molecule has 1 rings (SSSR count). The molecule has 0 aromatic carbocycles. The highest BCUT2D eigenvalue weighted by Gasteiger charge is 2.44. The summed E-state index contributed by atoms with van der Waals surface area (Å²) in [5.74, 6) is 1.37. The summed E-state index contributed by atoms with van der Waals surface area (Å²) in [6.07, 6.45) is 2.86. The quantitative estimate of drug-likeness (QED) is 0.421. The van der Waals surface area contributed by atoms with E-state index in [9.17, 15) is 13.2 Å². The third-order valence-corrected chi connectivity index (χ3v) is 5.00. The molecule has 0 bridgehead atoms. The molecule has 1 heterocycles. The molecule has 1 aliphatic rings. The molecular weight excluding hydrogens is 273 g/mol. The summed E-state index contributed by atoms with van der Waals surface area (Å²) in [7, 11) is -1.79. The van der Waals surface area contributed by atoms with Crippen LogP contribution < -0.4 is 0 Å². The fraction of sp³-hybridized carbons (Fsp3) is 1.00. The van der Waals surface area contributed by atoms with Crippen LogP contribution in [0, 0.1) is 0 Å². The standard InChI is InChI=1S/C5H10S2.CHF3O3S/c1-5-3-2-4-6-7-5;2-1(3,4)8(5,6)7/h5H,2-4H2,1H3;(H,5,6,7). The summed E-state index contributed by atoms with van der Waals surface area (Å²) in [6.45, 7) is 2.30. The highest BCUT2D eigenvalue weighted by molar-refractivity contribution is 8.77. The number of hydrogen-bond acceptors (Lipinski definition) is 4. The van der Waals surface area contributed by atoms with Crippen molar-refractivity contribution in [1.29, 1.82) is 0 Å². The van der Waals surface area contributed by atoms with Gasteiger partial charge < -0.3 is 0 Å². The second-order valence-electron chi connectivity index (χ2n) is 2.79. The van der Waals surface area contributed by atoms with Gasteiger partial charge in [0.1, 0.15) is 0 Å². The van der Waals surface area contributed by atoms with Gasteiger partial charge in [0.2, 0.25) is 0 Å². The highest BCUT2D eigenvalue weighted by Crippen LogP contribution is 2.34. The minimum absolute atomic E-state index is 0.916. The molecule has 0 aliphatic carbocycles. The van der Waals surface area contributed by atoms with E-state index >= 15 is 0 Å². The summed E-state index contributed by atoms with van der Waals surface area (Å²) in [4.78, 5) is 0. The van der Waals surface area contributed by atoms with Gasteiger partial charge in [-0.2, -0.15) is 21.6 Å². The Balaban J connectivity index is 0.000000262. The van der Waals surface area contributed by atoms with Crippen LogP contribution in [0.4, 0.5) is 13.2 Å². The molecule has 1 aliphatic heterocycles. The maximum absolute atomic E-state index is 10.7. The van der Waals surface area contributed by atoms with Gasteiger partial charge in [0.05, 0.1) is 0 Å². The minimum Gasteiger partial charge on any atom is -0.279 e. The Labute approximate surface area is 94.3 Å². The van der Waals surface area contributed by atoms with Gasteiger partial charge in [-0.25, -0.2) is 0 Å². The molecule has 0 spiro atoms. The SMILES string of the molecule is CC1CCCSS1.O=S(=O)(O)C(F)(F)F. The number of hydrogen-bond donors (Lipinski definition) is 1. The average molecular weight is 284 g/mol. The first kappa shape index (κ1) is 15.4. The van der Waals surface area contributed by atoms with Gasteiger partial charge >= 0.3 is 15.6 Å². The average Bonchev–Trinajstić information content (AvgIpc) is 2.02. The van der Waals surface area contributed by atoms with Crippen LogP contribution in [0.1, 0.15) is 19.8 Å². The van der Waals surface area contributed by atoms with Crippen molar-refractivity contribution in [2.24, 2.45) is 0 Å². The smallest absolute Gasteiger partial charge is 0.279 e. The zero-order chi connectivity index (χ0) is 12.1. The van der Waals surface area contributed by atoms with E-state index in [1.165, 1.54) is 18.6 Å². The van der Waals surface area contributed by atoms with Crippen molar-refractivity contribution < 1.29 is 26.1 Å². The molecule has 1 fully saturated rings. The Morgan fingerprint density at radius 1 is 1.40 bits per heavy atom. The van der Waals surface area contributed by atoms with Crippen molar-refractivity contribution in [2.45, 2.75) is 30.5 Å². The van der Waals surface area contributed by atoms with Gasteiger partial charge in [-0.15, -0.1) is 0 Å². The maximum atomic E-state index is 10.7. The summed E-state index contributed by atoms with van der Waals surface area (Å²) in [5, 5.41) is 0.916. The Kier molecular flexibility index (Phi) is 6.38. The molecule has 3 nitrogen and oxygen atoms in total. The molecule has 0 radical (unpaired) electrons. The summed E-state index contributed by atoms with van der Waals surface area (Å²) >= 11 is 0. The third-order valence-electron chi connectivity index (χ3n) is 1.36. The molecule has 1 unspecified atom stereocenters. The van der Waals surface area contributed by atoms with Gasteiger partial charge in [0, 0.05) is 11.0 Å². The predicted octanol–water partition coefficient (Wildman–Crippen LogP) is 2.94. The van der Waals surface area contributed by atoms with Crippen LogP contribution >= 0.6 is 21.6 Å². The predicted molar refractivity (Wildman–Crippen MR) is 56.3 cm³/mol. The van der Waals surface area contributed by atoms with Crippen LogP contribution in [0.3, 0.4) is 0 Å². The summed E-state index contributed by atoms with van der Waals surface area (Å²) in [6, 6.07) is 0. The van der Waals surface area contributed by atoms with Gasteiger partial charge in [0.15, 0.2) is 0 Å². The van der Waals surface area contributed by atoms with Gasteiger partial charge in [-0.3, -0.25) is 4.55 Å².